The number of aryl methyl sites for hydroxylation is 3. The van der Waals surface area contributed by atoms with Gasteiger partial charge in [0.05, 0.1) is 4.90 Å². The number of hydrogen-bond donors (Lipinski definition) is 1. The van der Waals surface area contributed by atoms with Crippen LogP contribution in [-0.4, -0.2) is 51.9 Å². The van der Waals surface area contributed by atoms with Crippen molar-refractivity contribution in [1.82, 2.24) is 9.62 Å². The van der Waals surface area contributed by atoms with E-state index < -0.39 is 10.0 Å². The molecule has 2 aromatic carbocycles. The number of carbonyl (C=O) groups excluding carboxylic acids is 1. The first-order chi connectivity index (χ1) is 13.8. The molecule has 0 spiro atoms. The summed E-state index contributed by atoms with van der Waals surface area (Å²) >= 11 is 0. The number of sulfonamides is 1. The van der Waals surface area contributed by atoms with Gasteiger partial charge in [-0.05, 0) is 55.7 Å². The molecule has 1 amide bonds. The standard InChI is InChI=1S/C22H29N3O3S/c1-17-8-9-20(16-19(17)3)29(27,28)23-11-10-22(26)25-14-12-24(13-15-25)21-7-5-4-6-18(21)2/h4-9,16,23H,10-15H2,1-3H3. The van der Waals surface area contributed by atoms with Gasteiger partial charge in [0.15, 0.2) is 0 Å². The molecule has 1 saturated heterocycles. The molecule has 1 heterocycles. The second-order valence-electron chi connectivity index (χ2n) is 7.55. The van der Waals surface area contributed by atoms with E-state index in [9.17, 15) is 13.2 Å². The van der Waals surface area contributed by atoms with Crippen LogP contribution in [0, 0.1) is 20.8 Å². The first kappa shape index (κ1) is 21.3. The lowest BCUT2D eigenvalue weighted by Gasteiger charge is -2.36. The molecule has 1 aliphatic rings. The first-order valence-corrected chi connectivity index (χ1v) is 11.4. The smallest absolute Gasteiger partial charge is 0.240 e. The predicted molar refractivity (Wildman–Crippen MR) is 116 cm³/mol. The summed E-state index contributed by atoms with van der Waals surface area (Å²) in [6.45, 7) is 8.88. The Hall–Kier alpha value is -2.38. The molecular weight excluding hydrogens is 386 g/mol. The van der Waals surface area contributed by atoms with Gasteiger partial charge >= 0.3 is 0 Å². The average Bonchev–Trinajstić information content (AvgIpc) is 2.70. The largest absolute Gasteiger partial charge is 0.368 e. The molecule has 7 heteroatoms. The molecule has 0 unspecified atom stereocenters. The Morgan fingerprint density at radius 1 is 0.931 bits per heavy atom. The van der Waals surface area contributed by atoms with E-state index in [0.717, 1.165) is 24.2 Å². The van der Waals surface area contributed by atoms with Crippen molar-refractivity contribution in [1.29, 1.82) is 0 Å². The minimum absolute atomic E-state index is 0.0165. The normalized spacial score (nSPS) is 14.9. The van der Waals surface area contributed by atoms with Crippen LogP contribution in [0.1, 0.15) is 23.1 Å². The van der Waals surface area contributed by atoms with E-state index in [1.54, 1.807) is 18.2 Å². The zero-order valence-corrected chi connectivity index (χ0v) is 18.1. The first-order valence-electron chi connectivity index (χ1n) is 9.93. The van der Waals surface area contributed by atoms with Gasteiger partial charge in [-0.3, -0.25) is 4.79 Å². The van der Waals surface area contributed by atoms with Crippen molar-refractivity contribution >= 4 is 21.6 Å². The number of rotatable bonds is 6. The molecule has 0 atom stereocenters. The maximum Gasteiger partial charge on any atom is 0.240 e. The van der Waals surface area contributed by atoms with Gasteiger partial charge in [0.2, 0.25) is 15.9 Å². The van der Waals surface area contributed by atoms with Crippen LogP contribution in [-0.2, 0) is 14.8 Å². The fraction of sp³-hybridized carbons (Fsp3) is 0.409. The van der Waals surface area contributed by atoms with Crippen molar-refractivity contribution in [3.8, 4) is 0 Å². The number of amides is 1. The fourth-order valence-corrected chi connectivity index (χ4v) is 4.65. The quantitative estimate of drug-likeness (QED) is 0.787. The van der Waals surface area contributed by atoms with Gasteiger partial charge < -0.3 is 9.80 Å². The molecule has 29 heavy (non-hydrogen) atoms. The third kappa shape index (κ3) is 5.16. The number of benzene rings is 2. The maximum absolute atomic E-state index is 12.5. The highest BCUT2D eigenvalue weighted by molar-refractivity contribution is 7.89. The van der Waals surface area contributed by atoms with E-state index in [-0.39, 0.29) is 23.8 Å². The molecule has 1 N–H and O–H groups in total. The summed E-state index contributed by atoms with van der Waals surface area (Å²) in [6.07, 6.45) is 0.161. The van der Waals surface area contributed by atoms with Crippen LogP contribution in [0.3, 0.4) is 0 Å². The number of hydrogen-bond acceptors (Lipinski definition) is 4. The molecule has 1 fully saturated rings. The summed E-state index contributed by atoms with van der Waals surface area (Å²) < 4.78 is 27.4. The van der Waals surface area contributed by atoms with Gasteiger partial charge in [-0.15, -0.1) is 0 Å². The Bertz CT molecular complexity index is 981. The van der Waals surface area contributed by atoms with Crippen LogP contribution in [0.15, 0.2) is 47.4 Å². The molecule has 2 aromatic rings. The Kier molecular flexibility index (Phi) is 6.59. The number of piperazine rings is 1. The Morgan fingerprint density at radius 2 is 1.62 bits per heavy atom. The zero-order chi connectivity index (χ0) is 21.0. The molecular formula is C22H29N3O3S. The van der Waals surface area contributed by atoms with Gasteiger partial charge in [0.1, 0.15) is 0 Å². The topological polar surface area (TPSA) is 69.7 Å². The van der Waals surface area contributed by atoms with Crippen molar-refractivity contribution in [2.45, 2.75) is 32.1 Å². The molecule has 3 rings (SSSR count). The minimum atomic E-state index is -3.60. The zero-order valence-electron chi connectivity index (χ0n) is 17.3. The van der Waals surface area contributed by atoms with E-state index in [1.807, 2.05) is 30.9 Å². The monoisotopic (exact) mass is 415 g/mol. The lowest BCUT2D eigenvalue weighted by molar-refractivity contribution is -0.131. The average molecular weight is 416 g/mol. The van der Waals surface area contributed by atoms with E-state index in [0.29, 0.717) is 13.1 Å². The molecule has 0 aliphatic carbocycles. The van der Waals surface area contributed by atoms with Crippen LogP contribution in [0.4, 0.5) is 5.69 Å². The van der Waals surface area contributed by atoms with Crippen molar-refractivity contribution < 1.29 is 13.2 Å². The minimum Gasteiger partial charge on any atom is -0.368 e. The summed E-state index contributed by atoms with van der Waals surface area (Å²) in [4.78, 5) is 16.8. The third-order valence-corrected chi connectivity index (χ3v) is 6.97. The van der Waals surface area contributed by atoms with Crippen molar-refractivity contribution in [2.24, 2.45) is 0 Å². The van der Waals surface area contributed by atoms with Gasteiger partial charge in [0, 0.05) is 44.8 Å². The number of nitrogens with zero attached hydrogens (tertiary/aromatic N) is 2. The van der Waals surface area contributed by atoms with Crippen molar-refractivity contribution in [2.75, 3.05) is 37.6 Å². The SMILES string of the molecule is Cc1ccc(S(=O)(=O)NCCC(=O)N2CCN(c3ccccc3C)CC2)cc1C. The number of carbonyl (C=O) groups is 1. The van der Waals surface area contributed by atoms with E-state index in [4.69, 9.17) is 0 Å². The highest BCUT2D eigenvalue weighted by Gasteiger charge is 2.22. The highest BCUT2D eigenvalue weighted by atomic mass is 32.2. The summed E-state index contributed by atoms with van der Waals surface area (Å²) in [6, 6.07) is 13.3. The second-order valence-corrected chi connectivity index (χ2v) is 9.32. The fourth-order valence-electron chi connectivity index (χ4n) is 3.53. The lowest BCUT2D eigenvalue weighted by Crippen LogP contribution is -2.49. The second kappa shape index (κ2) is 8.97. The Labute approximate surface area is 173 Å². The highest BCUT2D eigenvalue weighted by Crippen LogP contribution is 2.21. The van der Waals surface area contributed by atoms with Crippen LogP contribution in [0.5, 0.6) is 0 Å². The Morgan fingerprint density at radius 3 is 2.28 bits per heavy atom. The number of nitrogens with one attached hydrogen (secondary N) is 1. The molecule has 0 bridgehead atoms. The molecule has 0 saturated carbocycles. The van der Waals surface area contributed by atoms with Gasteiger partial charge in [-0.25, -0.2) is 13.1 Å². The summed E-state index contributed by atoms with van der Waals surface area (Å²) in [5.41, 5.74) is 4.41. The molecule has 1 aliphatic heterocycles. The summed E-state index contributed by atoms with van der Waals surface area (Å²) in [7, 11) is -3.60. The number of para-hydroxylation sites is 1. The van der Waals surface area contributed by atoms with E-state index in [2.05, 4.69) is 28.7 Å². The summed E-state index contributed by atoms with van der Waals surface area (Å²) in [5, 5.41) is 0. The molecule has 6 nitrogen and oxygen atoms in total. The number of anilines is 1. The van der Waals surface area contributed by atoms with E-state index >= 15 is 0 Å². The third-order valence-electron chi connectivity index (χ3n) is 5.51. The van der Waals surface area contributed by atoms with Crippen LogP contribution in [0.2, 0.25) is 0 Å². The van der Waals surface area contributed by atoms with Gasteiger partial charge in [0.25, 0.3) is 0 Å². The molecule has 156 valence electrons. The van der Waals surface area contributed by atoms with Gasteiger partial charge in [-0.1, -0.05) is 24.3 Å². The van der Waals surface area contributed by atoms with Crippen molar-refractivity contribution in [3.05, 3.63) is 59.2 Å². The molecule has 0 aromatic heterocycles. The van der Waals surface area contributed by atoms with Crippen LogP contribution >= 0.6 is 0 Å². The Balaban J connectivity index is 1.49. The molecule has 0 radical (unpaired) electrons. The van der Waals surface area contributed by atoms with Gasteiger partial charge in [-0.2, -0.15) is 0 Å². The van der Waals surface area contributed by atoms with Crippen LogP contribution in [0.25, 0.3) is 0 Å². The lowest BCUT2D eigenvalue weighted by atomic mass is 10.1. The predicted octanol–water partition coefficient (Wildman–Crippen LogP) is 2.63. The van der Waals surface area contributed by atoms with Crippen molar-refractivity contribution in [3.63, 3.8) is 0 Å². The maximum atomic E-state index is 12.5. The van der Waals surface area contributed by atoms with E-state index in [1.165, 1.54) is 11.3 Å². The van der Waals surface area contributed by atoms with Crippen LogP contribution < -0.4 is 9.62 Å². The summed E-state index contributed by atoms with van der Waals surface area (Å²) in [5.74, 6) is -0.0165.